The lowest BCUT2D eigenvalue weighted by Crippen LogP contribution is -2.30. The number of phenolic OH excluding ortho intramolecular Hbond substituents is 1. The molecule has 1 aromatic rings. The molecule has 0 radical (unpaired) electrons. The van der Waals surface area contributed by atoms with E-state index in [0.717, 1.165) is 17.9 Å². The molecule has 1 aromatic carbocycles. The molecule has 1 atom stereocenters. The fourth-order valence-electron chi connectivity index (χ4n) is 1.92. The minimum absolute atomic E-state index is 0.0347. The number of hydrogen-bond acceptors (Lipinski definition) is 3. The van der Waals surface area contributed by atoms with Crippen LogP contribution in [0.15, 0.2) is 24.3 Å². The minimum Gasteiger partial charge on any atom is -0.508 e. The van der Waals surface area contributed by atoms with E-state index < -0.39 is 0 Å². The van der Waals surface area contributed by atoms with Crippen molar-refractivity contribution in [3.8, 4) is 5.75 Å². The van der Waals surface area contributed by atoms with Crippen molar-refractivity contribution < 1.29 is 9.90 Å². The van der Waals surface area contributed by atoms with Crippen LogP contribution in [0.4, 0.5) is 0 Å². The van der Waals surface area contributed by atoms with Gasteiger partial charge in [0.1, 0.15) is 5.75 Å². The molecule has 1 saturated heterocycles. The number of nitrogens with one attached hydrogen (secondary N) is 1. The molecule has 1 unspecified atom stereocenters. The second-order valence-electron chi connectivity index (χ2n) is 4.38. The van der Waals surface area contributed by atoms with Gasteiger partial charge < -0.3 is 10.4 Å². The standard InChI is InChI=1S/C13H17NO2S/c15-12-3-1-2-10(6-12)7-13(16)14-8-11-4-5-17-9-11/h1-3,6,11,15H,4-5,7-9H2,(H,14,16). The van der Waals surface area contributed by atoms with Crippen LogP contribution in [-0.4, -0.2) is 29.1 Å². The van der Waals surface area contributed by atoms with Gasteiger partial charge in [-0.1, -0.05) is 12.1 Å². The average molecular weight is 251 g/mol. The molecule has 1 amide bonds. The summed E-state index contributed by atoms with van der Waals surface area (Å²) < 4.78 is 0. The van der Waals surface area contributed by atoms with E-state index in [2.05, 4.69) is 5.32 Å². The number of carbonyl (C=O) groups excluding carboxylic acids is 1. The maximum Gasteiger partial charge on any atom is 0.224 e. The molecule has 1 aliphatic rings. The first-order valence-electron chi connectivity index (χ1n) is 5.86. The number of amides is 1. The maximum atomic E-state index is 11.7. The molecule has 0 aliphatic carbocycles. The van der Waals surface area contributed by atoms with Crippen molar-refractivity contribution in [2.75, 3.05) is 18.1 Å². The Morgan fingerprint density at radius 3 is 3.12 bits per heavy atom. The Kier molecular flexibility index (Phi) is 4.31. The van der Waals surface area contributed by atoms with E-state index in [-0.39, 0.29) is 11.7 Å². The lowest BCUT2D eigenvalue weighted by Gasteiger charge is -2.10. The molecule has 0 saturated carbocycles. The van der Waals surface area contributed by atoms with E-state index >= 15 is 0 Å². The Morgan fingerprint density at radius 1 is 1.53 bits per heavy atom. The Hall–Kier alpha value is -1.16. The summed E-state index contributed by atoms with van der Waals surface area (Å²) in [7, 11) is 0. The van der Waals surface area contributed by atoms with Crippen molar-refractivity contribution >= 4 is 17.7 Å². The third-order valence-corrected chi connectivity index (χ3v) is 4.12. The molecule has 1 fully saturated rings. The summed E-state index contributed by atoms with van der Waals surface area (Å²) in [5.74, 6) is 3.25. The Bertz CT molecular complexity index is 389. The molecule has 1 heterocycles. The minimum atomic E-state index is 0.0347. The molecular formula is C13H17NO2S. The number of rotatable bonds is 4. The summed E-state index contributed by atoms with van der Waals surface area (Å²) in [6, 6.07) is 6.85. The molecule has 0 aromatic heterocycles. The highest BCUT2D eigenvalue weighted by Crippen LogP contribution is 2.22. The van der Waals surface area contributed by atoms with E-state index in [1.807, 2.05) is 17.8 Å². The van der Waals surface area contributed by atoms with Crippen molar-refractivity contribution in [3.05, 3.63) is 29.8 Å². The largest absolute Gasteiger partial charge is 0.508 e. The number of benzene rings is 1. The van der Waals surface area contributed by atoms with Crippen LogP contribution in [-0.2, 0) is 11.2 Å². The summed E-state index contributed by atoms with van der Waals surface area (Å²) in [5.41, 5.74) is 0.850. The molecule has 3 nitrogen and oxygen atoms in total. The van der Waals surface area contributed by atoms with E-state index in [9.17, 15) is 9.90 Å². The molecule has 2 N–H and O–H groups in total. The van der Waals surface area contributed by atoms with E-state index in [1.54, 1.807) is 18.2 Å². The topological polar surface area (TPSA) is 49.3 Å². The summed E-state index contributed by atoms with van der Waals surface area (Å²) >= 11 is 1.96. The van der Waals surface area contributed by atoms with Crippen LogP contribution in [0.3, 0.4) is 0 Å². The van der Waals surface area contributed by atoms with Gasteiger partial charge in [-0.15, -0.1) is 0 Å². The Balaban J connectivity index is 1.76. The zero-order valence-electron chi connectivity index (χ0n) is 9.69. The van der Waals surface area contributed by atoms with E-state index in [0.29, 0.717) is 12.3 Å². The van der Waals surface area contributed by atoms with Crippen molar-refractivity contribution in [3.63, 3.8) is 0 Å². The van der Waals surface area contributed by atoms with Crippen LogP contribution in [0.5, 0.6) is 5.75 Å². The second kappa shape index (κ2) is 5.96. The van der Waals surface area contributed by atoms with Gasteiger partial charge in [0.15, 0.2) is 0 Å². The van der Waals surface area contributed by atoms with Crippen LogP contribution in [0.2, 0.25) is 0 Å². The fraction of sp³-hybridized carbons (Fsp3) is 0.462. The van der Waals surface area contributed by atoms with Crippen molar-refractivity contribution in [2.45, 2.75) is 12.8 Å². The van der Waals surface area contributed by atoms with Gasteiger partial charge in [0.25, 0.3) is 0 Å². The van der Waals surface area contributed by atoms with Gasteiger partial charge in [0.05, 0.1) is 6.42 Å². The van der Waals surface area contributed by atoms with Gasteiger partial charge in [-0.3, -0.25) is 4.79 Å². The van der Waals surface area contributed by atoms with Crippen molar-refractivity contribution in [2.24, 2.45) is 5.92 Å². The third-order valence-electron chi connectivity index (χ3n) is 2.89. The molecule has 0 spiro atoms. The van der Waals surface area contributed by atoms with Gasteiger partial charge in [-0.25, -0.2) is 0 Å². The van der Waals surface area contributed by atoms with E-state index in [1.165, 1.54) is 12.2 Å². The third kappa shape index (κ3) is 3.97. The number of aromatic hydroxyl groups is 1. The Morgan fingerprint density at radius 2 is 2.41 bits per heavy atom. The molecule has 4 heteroatoms. The lowest BCUT2D eigenvalue weighted by molar-refractivity contribution is -0.120. The predicted molar refractivity (Wildman–Crippen MR) is 70.3 cm³/mol. The van der Waals surface area contributed by atoms with Gasteiger partial charge in [0.2, 0.25) is 5.91 Å². The Labute approximate surface area is 106 Å². The summed E-state index contributed by atoms with van der Waals surface area (Å²) in [6.07, 6.45) is 1.55. The van der Waals surface area contributed by atoms with Gasteiger partial charge in [-0.05, 0) is 41.5 Å². The quantitative estimate of drug-likeness (QED) is 0.858. The van der Waals surface area contributed by atoms with Crippen LogP contribution in [0.25, 0.3) is 0 Å². The average Bonchev–Trinajstić information content (AvgIpc) is 2.79. The highest BCUT2D eigenvalue weighted by atomic mass is 32.2. The second-order valence-corrected chi connectivity index (χ2v) is 5.53. The normalized spacial score (nSPS) is 19.2. The highest BCUT2D eigenvalue weighted by Gasteiger charge is 2.16. The smallest absolute Gasteiger partial charge is 0.224 e. The monoisotopic (exact) mass is 251 g/mol. The van der Waals surface area contributed by atoms with Crippen LogP contribution >= 0.6 is 11.8 Å². The molecule has 17 heavy (non-hydrogen) atoms. The van der Waals surface area contributed by atoms with Crippen LogP contribution in [0.1, 0.15) is 12.0 Å². The maximum absolute atomic E-state index is 11.7. The highest BCUT2D eigenvalue weighted by molar-refractivity contribution is 7.99. The lowest BCUT2D eigenvalue weighted by atomic mass is 10.1. The first-order valence-corrected chi connectivity index (χ1v) is 7.02. The molecule has 1 aliphatic heterocycles. The van der Waals surface area contributed by atoms with Gasteiger partial charge in [0, 0.05) is 6.54 Å². The fourth-order valence-corrected chi connectivity index (χ4v) is 3.20. The van der Waals surface area contributed by atoms with E-state index in [4.69, 9.17) is 0 Å². The molecule has 92 valence electrons. The first kappa shape index (κ1) is 12.3. The zero-order valence-corrected chi connectivity index (χ0v) is 10.5. The van der Waals surface area contributed by atoms with Crippen molar-refractivity contribution in [1.29, 1.82) is 0 Å². The van der Waals surface area contributed by atoms with Crippen LogP contribution < -0.4 is 5.32 Å². The number of phenols is 1. The van der Waals surface area contributed by atoms with Gasteiger partial charge >= 0.3 is 0 Å². The molecule has 2 rings (SSSR count). The molecule has 0 bridgehead atoms. The zero-order chi connectivity index (χ0) is 12.1. The first-order chi connectivity index (χ1) is 8.24. The van der Waals surface area contributed by atoms with Crippen LogP contribution in [0, 0.1) is 5.92 Å². The number of thioether (sulfide) groups is 1. The number of hydrogen-bond donors (Lipinski definition) is 2. The van der Waals surface area contributed by atoms with Crippen molar-refractivity contribution in [1.82, 2.24) is 5.32 Å². The number of carbonyl (C=O) groups is 1. The molecular weight excluding hydrogens is 234 g/mol. The van der Waals surface area contributed by atoms with Gasteiger partial charge in [-0.2, -0.15) is 11.8 Å². The SMILES string of the molecule is O=C(Cc1cccc(O)c1)NCC1CCSC1. The summed E-state index contributed by atoms with van der Waals surface area (Å²) in [6.45, 7) is 0.782. The summed E-state index contributed by atoms with van der Waals surface area (Å²) in [4.78, 5) is 11.7. The summed E-state index contributed by atoms with van der Waals surface area (Å²) in [5, 5.41) is 12.3. The predicted octanol–water partition coefficient (Wildman–Crippen LogP) is 1.80.